The maximum Gasteiger partial charge on any atom is 0.0842 e. The summed E-state index contributed by atoms with van der Waals surface area (Å²) in [4.78, 5) is 0. The van der Waals surface area contributed by atoms with Crippen LogP contribution in [0.15, 0.2) is 4.47 Å². The van der Waals surface area contributed by atoms with Crippen LogP contribution in [0.1, 0.15) is 28.3 Å². The summed E-state index contributed by atoms with van der Waals surface area (Å²) >= 11 is 3.59. The first-order valence-electron chi connectivity index (χ1n) is 6.36. The van der Waals surface area contributed by atoms with Gasteiger partial charge in [0.2, 0.25) is 0 Å². The van der Waals surface area contributed by atoms with Gasteiger partial charge in [-0.2, -0.15) is 10.2 Å². The van der Waals surface area contributed by atoms with Crippen molar-refractivity contribution in [2.24, 2.45) is 12.8 Å². The van der Waals surface area contributed by atoms with Gasteiger partial charge in [0.05, 0.1) is 28.1 Å². The van der Waals surface area contributed by atoms with Crippen LogP contribution in [-0.4, -0.2) is 26.1 Å². The van der Waals surface area contributed by atoms with Gasteiger partial charge in [0, 0.05) is 12.7 Å². The van der Waals surface area contributed by atoms with Gasteiger partial charge in [0.1, 0.15) is 0 Å². The standard InChI is InChI=1S/C13H20BrN5/c1-8-11(5-6-15)10(3)19(17-8)7-12-13(14)9(2)16-18(12)4/h5-7,15H2,1-4H3. The molecule has 2 aromatic heterocycles. The molecule has 0 radical (unpaired) electrons. The van der Waals surface area contributed by atoms with Crippen molar-refractivity contribution in [2.45, 2.75) is 33.7 Å². The molecule has 0 aliphatic rings. The molecule has 0 amide bonds. The van der Waals surface area contributed by atoms with Crippen LogP contribution >= 0.6 is 15.9 Å². The van der Waals surface area contributed by atoms with Crippen molar-refractivity contribution in [1.82, 2.24) is 19.6 Å². The van der Waals surface area contributed by atoms with E-state index in [1.165, 1.54) is 11.3 Å². The highest BCUT2D eigenvalue weighted by atomic mass is 79.9. The van der Waals surface area contributed by atoms with E-state index in [4.69, 9.17) is 5.73 Å². The van der Waals surface area contributed by atoms with E-state index in [2.05, 4.69) is 33.1 Å². The Morgan fingerprint density at radius 2 is 1.84 bits per heavy atom. The maximum atomic E-state index is 5.65. The number of hydrogen-bond donors (Lipinski definition) is 1. The molecule has 0 atom stereocenters. The van der Waals surface area contributed by atoms with Gasteiger partial charge >= 0.3 is 0 Å². The second-order valence-corrected chi connectivity index (χ2v) is 5.61. The van der Waals surface area contributed by atoms with E-state index in [9.17, 15) is 0 Å². The Balaban J connectivity index is 2.36. The molecule has 0 saturated carbocycles. The van der Waals surface area contributed by atoms with Gasteiger partial charge < -0.3 is 5.73 Å². The number of rotatable bonds is 4. The minimum absolute atomic E-state index is 0.655. The minimum atomic E-state index is 0.655. The maximum absolute atomic E-state index is 5.65. The topological polar surface area (TPSA) is 61.7 Å². The zero-order valence-electron chi connectivity index (χ0n) is 11.9. The van der Waals surface area contributed by atoms with Gasteiger partial charge in [-0.3, -0.25) is 9.36 Å². The molecule has 2 aromatic rings. The third kappa shape index (κ3) is 2.60. The summed E-state index contributed by atoms with van der Waals surface area (Å²) in [6.07, 6.45) is 0.878. The summed E-state index contributed by atoms with van der Waals surface area (Å²) in [5, 5.41) is 9.03. The lowest BCUT2D eigenvalue weighted by Gasteiger charge is -2.06. The monoisotopic (exact) mass is 325 g/mol. The molecule has 0 bridgehead atoms. The van der Waals surface area contributed by atoms with E-state index < -0.39 is 0 Å². The number of nitrogens with zero attached hydrogens (tertiary/aromatic N) is 4. The number of nitrogens with two attached hydrogens (primary N) is 1. The number of aryl methyl sites for hydroxylation is 3. The van der Waals surface area contributed by atoms with Crippen LogP contribution in [-0.2, 0) is 20.0 Å². The Morgan fingerprint density at radius 1 is 1.16 bits per heavy atom. The molecule has 2 heterocycles. The van der Waals surface area contributed by atoms with E-state index in [0.717, 1.165) is 34.5 Å². The summed E-state index contributed by atoms with van der Waals surface area (Å²) in [7, 11) is 1.96. The molecule has 0 saturated heterocycles. The highest BCUT2D eigenvalue weighted by molar-refractivity contribution is 9.10. The zero-order valence-corrected chi connectivity index (χ0v) is 13.5. The molecule has 2 rings (SSSR count). The summed E-state index contributed by atoms with van der Waals surface area (Å²) < 4.78 is 4.99. The Kier molecular flexibility index (Phi) is 4.10. The molecule has 0 unspecified atom stereocenters. The number of halogens is 1. The third-order valence-electron chi connectivity index (χ3n) is 3.49. The molecule has 0 fully saturated rings. The lowest BCUT2D eigenvalue weighted by atomic mass is 10.1. The molecular weight excluding hydrogens is 306 g/mol. The van der Waals surface area contributed by atoms with Gasteiger partial charge in [-0.25, -0.2) is 0 Å². The minimum Gasteiger partial charge on any atom is -0.330 e. The zero-order chi connectivity index (χ0) is 14.2. The first-order chi connectivity index (χ1) is 8.95. The Morgan fingerprint density at radius 3 is 2.37 bits per heavy atom. The predicted octanol–water partition coefficient (Wildman–Crippen LogP) is 1.85. The fourth-order valence-corrected chi connectivity index (χ4v) is 2.85. The summed E-state index contributed by atoms with van der Waals surface area (Å²) in [5.74, 6) is 0. The van der Waals surface area contributed by atoms with Crippen LogP contribution in [0.4, 0.5) is 0 Å². The van der Waals surface area contributed by atoms with Crippen molar-refractivity contribution in [1.29, 1.82) is 0 Å². The summed E-state index contributed by atoms with van der Waals surface area (Å²) in [6.45, 7) is 7.51. The van der Waals surface area contributed by atoms with Crippen LogP contribution in [0.25, 0.3) is 0 Å². The van der Waals surface area contributed by atoms with Crippen molar-refractivity contribution in [3.63, 3.8) is 0 Å². The molecule has 0 aromatic carbocycles. The van der Waals surface area contributed by atoms with Crippen LogP contribution in [0.2, 0.25) is 0 Å². The van der Waals surface area contributed by atoms with Crippen LogP contribution in [0, 0.1) is 20.8 Å². The number of aromatic nitrogens is 4. The first-order valence-corrected chi connectivity index (χ1v) is 7.16. The SMILES string of the molecule is Cc1nn(C)c(Cn2nc(C)c(CCN)c2C)c1Br. The van der Waals surface area contributed by atoms with Crippen molar-refractivity contribution < 1.29 is 0 Å². The van der Waals surface area contributed by atoms with Crippen LogP contribution in [0.3, 0.4) is 0 Å². The van der Waals surface area contributed by atoms with E-state index in [0.29, 0.717) is 6.54 Å². The van der Waals surface area contributed by atoms with Crippen LogP contribution < -0.4 is 5.73 Å². The second kappa shape index (κ2) is 5.46. The lowest BCUT2D eigenvalue weighted by Crippen LogP contribution is -2.10. The molecule has 0 aliphatic carbocycles. The smallest absolute Gasteiger partial charge is 0.0842 e. The van der Waals surface area contributed by atoms with E-state index in [1.54, 1.807) is 0 Å². The molecule has 0 aliphatic heterocycles. The summed E-state index contributed by atoms with van der Waals surface area (Å²) in [5.41, 5.74) is 11.3. The van der Waals surface area contributed by atoms with Crippen LogP contribution in [0.5, 0.6) is 0 Å². The Bertz CT molecular complexity index is 597. The highest BCUT2D eigenvalue weighted by Gasteiger charge is 2.15. The van der Waals surface area contributed by atoms with E-state index in [-0.39, 0.29) is 0 Å². The van der Waals surface area contributed by atoms with Crippen molar-refractivity contribution >= 4 is 15.9 Å². The van der Waals surface area contributed by atoms with Gasteiger partial charge in [-0.05, 0) is 55.2 Å². The first kappa shape index (κ1) is 14.3. The average molecular weight is 326 g/mol. The quantitative estimate of drug-likeness (QED) is 0.933. The molecular formula is C13H20BrN5. The molecule has 6 heteroatoms. The second-order valence-electron chi connectivity index (χ2n) is 4.82. The molecule has 104 valence electrons. The lowest BCUT2D eigenvalue weighted by molar-refractivity contribution is 0.601. The number of hydrogen-bond acceptors (Lipinski definition) is 3. The largest absolute Gasteiger partial charge is 0.330 e. The van der Waals surface area contributed by atoms with Crippen molar-refractivity contribution in [3.8, 4) is 0 Å². The molecule has 19 heavy (non-hydrogen) atoms. The summed E-state index contributed by atoms with van der Waals surface area (Å²) in [6, 6.07) is 0. The van der Waals surface area contributed by atoms with Gasteiger partial charge in [-0.15, -0.1) is 0 Å². The van der Waals surface area contributed by atoms with Crippen molar-refractivity contribution in [3.05, 3.63) is 32.8 Å². The van der Waals surface area contributed by atoms with Gasteiger partial charge in [-0.1, -0.05) is 0 Å². The Labute approximate surface area is 121 Å². The highest BCUT2D eigenvalue weighted by Crippen LogP contribution is 2.22. The third-order valence-corrected chi connectivity index (χ3v) is 4.52. The van der Waals surface area contributed by atoms with Crippen molar-refractivity contribution in [2.75, 3.05) is 6.54 Å². The molecule has 5 nitrogen and oxygen atoms in total. The molecule has 2 N–H and O–H groups in total. The normalized spacial score (nSPS) is 11.3. The van der Waals surface area contributed by atoms with Gasteiger partial charge in [0.15, 0.2) is 0 Å². The van der Waals surface area contributed by atoms with E-state index >= 15 is 0 Å². The fraction of sp³-hybridized carbons (Fsp3) is 0.538. The predicted molar refractivity (Wildman–Crippen MR) is 79.2 cm³/mol. The van der Waals surface area contributed by atoms with Gasteiger partial charge in [0.25, 0.3) is 0 Å². The average Bonchev–Trinajstić information content (AvgIpc) is 2.75. The fourth-order valence-electron chi connectivity index (χ4n) is 2.39. The van der Waals surface area contributed by atoms with E-state index in [1.807, 2.05) is 30.3 Å². The molecule has 0 spiro atoms. The Hall–Kier alpha value is -1.14.